The molecule has 3 heterocycles. The topological polar surface area (TPSA) is 109 Å². The summed E-state index contributed by atoms with van der Waals surface area (Å²) in [5, 5.41) is 0.734. The van der Waals surface area contributed by atoms with Gasteiger partial charge in [-0.05, 0) is 101 Å². The second kappa shape index (κ2) is 12.2. The number of aromatic nitrogens is 1. The highest BCUT2D eigenvalue weighted by atomic mass is 79.9. The summed E-state index contributed by atoms with van der Waals surface area (Å²) in [6.45, 7) is 2.38. The zero-order valence-electron chi connectivity index (χ0n) is 21.6. The van der Waals surface area contributed by atoms with E-state index in [0.29, 0.717) is 38.3 Å². The van der Waals surface area contributed by atoms with Gasteiger partial charge >= 0.3 is 11.8 Å². The highest BCUT2D eigenvalue weighted by molar-refractivity contribution is 9.10. The molecular formula is C28H32Br2ClN5O3. The SMILES string of the molecule is NNC(=O)C(=O)N1CCC(CC(=O)N2CCC([C@H]3c4ncc(Br)cc4CCc4cc(Cl)cc(Br)c43)CC2)CC1. The lowest BCUT2D eigenvalue weighted by atomic mass is 9.76. The van der Waals surface area contributed by atoms with Crippen LogP contribution < -0.4 is 11.3 Å². The molecule has 11 heteroatoms. The van der Waals surface area contributed by atoms with Crippen LogP contribution in [0.3, 0.4) is 0 Å². The molecule has 1 atom stereocenters. The number of hydrogen-bond acceptors (Lipinski definition) is 5. The van der Waals surface area contributed by atoms with Crippen LogP contribution in [-0.2, 0) is 27.2 Å². The number of carbonyl (C=O) groups excluding carboxylic acids is 3. The van der Waals surface area contributed by atoms with Crippen molar-refractivity contribution in [2.24, 2.45) is 17.7 Å². The molecule has 39 heavy (non-hydrogen) atoms. The Labute approximate surface area is 250 Å². The zero-order chi connectivity index (χ0) is 27.7. The predicted molar refractivity (Wildman–Crippen MR) is 156 cm³/mol. The van der Waals surface area contributed by atoms with Crippen LogP contribution in [0, 0.1) is 11.8 Å². The second-order valence-electron chi connectivity index (χ2n) is 10.8. The molecule has 1 aliphatic carbocycles. The maximum atomic E-state index is 13.2. The molecule has 2 saturated heterocycles. The van der Waals surface area contributed by atoms with Gasteiger partial charge in [0.1, 0.15) is 0 Å². The fourth-order valence-corrected chi connectivity index (χ4v) is 7.93. The van der Waals surface area contributed by atoms with Gasteiger partial charge in [0.15, 0.2) is 0 Å². The first-order valence-electron chi connectivity index (χ1n) is 13.4. The molecule has 5 rings (SSSR count). The number of carbonyl (C=O) groups is 3. The number of benzene rings is 1. The van der Waals surface area contributed by atoms with Gasteiger partial charge in [-0.1, -0.05) is 27.5 Å². The number of nitrogens with two attached hydrogens (primary N) is 1. The first kappa shape index (κ1) is 28.5. The van der Waals surface area contributed by atoms with Crippen molar-refractivity contribution in [2.75, 3.05) is 26.2 Å². The molecule has 3 amide bonds. The average molecular weight is 682 g/mol. The second-order valence-corrected chi connectivity index (χ2v) is 13.0. The molecule has 0 radical (unpaired) electrons. The van der Waals surface area contributed by atoms with Crippen molar-refractivity contribution in [3.05, 3.63) is 60.7 Å². The Morgan fingerprint density at radius 3 is 2.33 bits per heavy atom. The Bertz CT molecular complexity index is 1280. The van der Waals surface area contributed by atoms with Gasteiger partial charge in [-0.2, -0.15) is 0 Å². The highest BCUT2D eigenvalue weighted by Gasteiger charge is 2.37. The zero-order valence-corrected chi connectivity index (χ0v) is 25.5. The van der Waals surface area contributed by atoms with Crippen LogP contribution >= 0.6 is 43.5 Å². The highest BCUT2D eigenvalue weighted by Crippen LogP contribution is 2.46. The average Bonchev–Trinajstić information content (AvgIpc) is 3.09. The molecule has 0 bridgehead atoms. The van der Waals surface area contributed by atoms with E-state index in [1.807, 2.05) is 22.6 Å². The molecule has 2 aliphatic heterocycles. The van der Waals surface area contributed by atoms with Crippen molar-refractivity contribution in [2.45, 2.75) is 50.9 Å². The molecular weight excluding hydrogens is 650 g/mol. The van der Waals surface area contributed by atoms with Gasteiger partial charge < -0.3 is 9.80 Å². The van der Waals surface area contributed by atoms with E-state index in [9.17, 15) is 14.4 Å². The van der Waals surface area contributed by atoms with E-state index in [1.165, 1.54) is 21.6 Å². The maximum absolute atomic E-state index is 13.2. The number of nitrogens with zero attached hydrogens (tertiary/aromatic N) is 3. The van der Waals surface area contributed by atoms with Crippen LogP contribution in [0.5, 0.6) is 0 Å². The largest absolute Gasteiger partial charge is 0.343 e. The van der Waals surface area contributed by atoms with E-state index in [2.05, 4.69) is 44.0 Å². The number of amides is 3. The smallest absolute Gasteiger partial charge is 0.323 e. The lowest BCUT2D eigenvalue weighted by Crippen LogP contribution is -2.48. The first-order valence-corrected chi connectivity index (χ1v) is 15.4. The minimum Gasteiger partial charge on any atom is -0.343 e. The summed E-state index contributed by atoms with van der Waals surface area (Å²) < 4.78 is 2.01. The van der Waals surface area contributed by atoms with Gasteiger partial charge in [-0.3, -0.25) is 24.8 Å². The van der Waals surface area contributed by atoms with Crippen LogP contribution in [0.15, 0.2) is 33.3 Å². The van der Waals surface area contributed by atoms with Gasteiger partial charge in [0, 0.05) is 58.7 Å². The number of rotatable bonds is 3. The van der Waals surface area contributed by atoms with Gasteiger partial charge in [0.2, 0.25) is 5.91 Å². The van der Waals surface area contributed by atoms with Crippen molar-refractivity contribution in [1.82, 2.24) is 20.2 Å². The molecule has 3 N–H and O–H groups in total. The Hall–Kier alpha value is -2.01. The number of piperidine rings is 2. The summed E-state index contributed by atoms with van der Waals surface area (Å²) in [5.41, 5.74) is 6.84. The van der Waals surface area contributed by atoms with E-state index in [1.54, 1.807) is 0 Å². The molecule has 8 nitrogen and oxygen atoms in total. The van der Waals surface area contributed by atoms with E-state index in [-0.39, 0.29) is 17.7 Å². The monoisotopic (exact) mass is 679 g/mol. The molecule has 2 aromatic rings. The summed E-state index contributed by atoms with van der Waals surface area (Å²) in [5.74, 6) is 4.55. The number of hydrazine groups is 1. The van der Waals surface area contributed by atoms with E-state index in [0.717, 1.165) is 58.4 Å². The predicted octanol–water partition coefficient (Wildman–Crippen LogP) is 4.35. The number of hydrogen-bond donors (Lipinski definition) is 2. The number of likely N-dealkylation sites (tertiary alicyclic amines) is 2. The summed E-state index contributed by atoms with van der Waals surface area (Å²) in [4.78, 5) is 45.2. The van der Waals surface area contributed by atoms with Crippen LogP contribution in [0.4, 0.5) is 0 Å². The molecule has 0 unspecified atom stereocenters. The fraction of sp³-hybridized carbons (Fsp3) is 0.500. The van der Waals surface area contributed by atoms with E-state index >= 15 is 0 Å². The molecule has 1 aromatic heterocycles. The summed E-state index contributed by atoms with van der Waals surface area (Å²) in [6, 6.07) is 6.27. The van der Waals surface area contributed by atoms with Crippen molar-refractivity contribution in [3.8, 4) is 0 Å². The van der Waals surface area contributed by atoms with E-state index < -0.39 is 11.8 Å². The van der Waals surface area contributed by atoms with Gasteiger partial charge in [-0.15, -0.1) is 0 Å². The van der Waals surface area contributed by atoms with Crippen molar-refractivity contribution < 1.29 is 14.4 Å². The van der Waals surface area contributed by atoms with Gasteiger partial charge in [-0.25, -0.2) is 5.84 Å². The summed E-state index contributed by atoms with van der Waals surface area (Å²) in [6.07, 6.45) is 7.42. The van der Waals surface area contributed by atoms with Crippen LogP contribution in [0.2, 0.25) is 5.02 Å². The third kappa shape index (κ3) is 6.19. The molecule has 3 aliphatic rings. The Balaban J connectivity index is 1.25. The third-order valence-corrected chi connectivity index (χ3v) is 9.78. The number of fused-ring (bicyclic) bond motifs is 2. The Morgan fingerprint density at radius 1 is 0.974 bits per heavy atom. The standard InChI is InChI=1S/C28H32Br2ClN5O3/c29-20-12-19-2-1-18-13-21(31)14-22(30)24(18)25(26(19)33-15-20)17-5-9-35(10-6-17)23(37)11-16-3-7-36(8-4-16)28(39)27(38)34-32/h12-17,25H,1-11,32H2,(H,34,38)/t25-/m1/s1. The van der Waals surface area contributed by atoms with Crippen LogP contribution in [0.25, 0.3) is 0 Å². The van der Waals surface area contributed by atoms with Crippen LogP contribution in [0.1, 0.15) is 60.4 Å². The van der Waals surface area contributed by atoms with Gasteiger partial charge in [0.25, 0.3) is 0 Å². The van der Waals surface area contributed by atoms with Gasteiger partial charge in [0.05, 0.1) is 5.69 Å². The Kier molecular flexibility index (Phi) is 8.95. The number of nitrogens with one attached hydrogen (secondary N) is 1. The first-order chi connectivity index (χ1) is 18.7. The van der Waals surface area contributed by atoms with E-state index in [4.69, 9.17) is 22.4 Å². The molecule has 0 spiro atoms. The molecule has 2 fully saturated rings. The third-order valence-electron chi connectivity index (χ3n) is 8.47. The minimum absolute atomic E-state index is 0.141. The number of aryl methyl sites for hydroxylation is 2. The van der Waals surface area contributed by atoms with Crippen molar-refractivity contribution in [3.63, 3.8) is 0 Å². The molecule has 208 valence electrons. The van der Waals surface area contributed by atoms with Crippen molar-refractivity contribution >= 4 is 61.2 Å². The minimum atomic E-state index is -0.802. The quantitative estimate of drug-likeness (QED) is 0.217. The lowest BCUT2D eigenvalue weighted by Gasteiger charge is -2.38. The number of pyridine rings is 1. The fourth-order valence-electron chi connectivity index (χ4n) is 6.43. The molecule has 1 aromatic carbocycles. The maximum Gasteiger partial charge on any atom is 0.323 e. The summed E-state index contributed by atoms with van der Waals surface area (Å²) >= 11 is 13.9. The normalized spacial score (nSPS) is 20.2. The number of halogens is 3. The lowest BCUT2D eigenvalue weighted by molar-refractivity contribution is -0.147. The Morgan fingerprint density at radius 2 is 1.64 bits per heavy atom. The van der Waals surface area contributed by atoms with Crippen molar-refractivity contribution in [1.29, 1.82) is 0 Å². The molecule has 0 saturated carbocycles. The van der Waals surface area contributed by atoms with Crippen LogP contribution in [-0.4, -0.2) is 58.7 Å². The summed E-state index contributed by atoms with van der Waals surface area (Å²) in [7, 11) is 0.